The fourth-order valence-corrected chi connectivity index (χ4v) is 2.42. The second-order valence-electron chi connectivity index (χ2n) is 4.65. The van der Waals surface area contributed by atoms with Crippen molar-refractivity contribution in [1.29, 1.82) is 0 Å². The van der Waals surface area contributed by atoms with E-state index >= 15 is 0 Å². The number of hydrogen-bond acceptors (Lipinski definition) is 3. The minimum atomic E-state index is -1.03. The summed E-state index contributed by atoms with van der Waals surface area (Å²) in [5.41, 5.74) is 3.42. The molecule has 0 aliphatic heterocycles. The summed E-state index contributed by atoms with van der Waals surface area (Å²) in [5.74, 6) is -0.586. The van der Waals surface area contributed by atoms with Gasteiger partial charge in [0.15, 0.2) is 0 Å². The van der Waals surface area contributed by atoms with Gasteiger partial charge in [0.1, 0.15) is 11.0 Å². The normalized spacial score (nSPS) is 10.4. The number of carbonyl (C=O) groups is 1. The lowest BCUT2D eigenvalue weighted by Gasteiger charge is -2.15. The van der Waals surface area contributed by atoms with Crippen LogP contribution in [0.5, 0.6) is 0 Å². The van der Waals surface area contributed by atoms with Crippen LogP contribution in [0.15, 0.2) is 30.3 Å². The van der Waals surface area contributed by atoms with E-state index in [0.29, 0.717) is 5.82 Å². The molecule has 0 spiro atoms. The van der Waals surface area contributed by atoms with Crippen molar-refractivity contribution < 1.29 is 9.90 Å². The van der Waals surface area contributed by atoms with Gasteiger partial charge in [0.05, 0.1) is 5.56 Å². The highest BCUT2D eigenvalue weighted by molar-refractivity contribution is 6.29. The highest BCUT2D eigenvalue weighted by Crippen LogP contribution is 2.27. The Balaban J connectivity index is 2.45. The molecule has 0 aliphatic carbocycles. The number of carboxylic acids is 1. The fraction of sp³-hybridized carbons (Fsp3) is 0.250. The molecule has 1 heterocycles. The largest absolute Gasteiger partial charge is 0.478 e. The van der Waals surface area contributed by atoms with Crippen molar-refractivity contribution in [3.63, 3.8) is 0 Å². The molecule has 0 aliphatic rings. The molecule has 0 saturated carbocycles. The Morgan fingerprint density at radius 3 is 2.38 bits per heavy atom. The molecule has 2 aromatic rings. The number of para-hydroxylation sites is 1. The molecule has 0 fully saturated rings. The number of aromatic nitrogens is 1. The third kappa shape index (κ3) is 3.52. The maximum absolute atomic E-state index is 11.1. The predicted molar refractivity (Wildman–Crippen MR) is 84.7 cm³/mol. The van der Waals surface area contributed by atoms with Gasteiger partial charge in [-0.15, -0.1) is 0 Å². The fourth-order valence-electron chi connectivity index (χ4n) is 2.22. The highest BCUT2D eigenvalue weighted by atomic mass is 35.5. The zero-order valence-corrected chi connectivity index (χ0v) is 12.7. The topological polar surface area (TPSA) is 62.2 Å². The lowest BCUT2D eigenvalue weighted by molar-refractivity contribution is 0.0697. The molecular formula is C16H17ClN2O2. The Hall–Kier alpha value is -2.07. The van der Waals surface area contributed by atoms with Crippen molar-refractivity contribution in [2.75, 3.05) is 5.32 Å². The Kier molecular flexibility index (Phi) is 4.81. The minimum Gasteiger partial charge on any atom is -0.478 e. The van der Waals surface area contributed by atoms with Crippen molar-refractivity contribution in [1.82, 2.24) is 4.98 Å². The zero-order valence-electron chi connectivity index (χ0n) is 12.0. The molecule has 0 unspecified atom stereocenters. The summed E-state index contributed by atoms with van der Waals surface area (Å²) < 4.78 is 0. The number of halogens is 1. The maximum Gasteiger partial charge on any atom is 0.335 e. The highest BCUT2D eigenvalue weighted by Gasteiger charge is 2.11. The van der Waals surface area contributed by atoms with E-state index in [1.807, 2.05) is 18.2 Å². The number of aromatic carboxylic acids is 1. The van der Waals surface area contributed by atoms with Crippen LogP contribution in [-0.2, 0) is 12.8 Å². The average molecular weight is 305 g/mol. The SMILES string of the molecule is CCc1cccc(CC)c1Nc1cc(C(=O)O)cc(Cl)n1. The van der Waals surface area contributed by atoms with Crippen LogP contribution in [0.1, 0.15) is 35.3 Å². The first-order chi connectivity index (χ1) is 10.0. The van der Waals surface area contributed by atoms with Crippen LogP contribution in [0.4, 0.5) is 11.5 Å². The number of hydrogen-bond donors (Lipinski definition) is 2. The van der Waals surface area contributed by atoms with Gasteiger partial charge >= 0.3 is 5.97 Å². The Morgan fingerprint density at radius 1 is 1.24 bits per heavy atom. The van der Waals surface area contributed by atoms with Gasteiger partial charge in [-0.2, -0.15) is 0 Å². The quantitative estimate of drug-likeness (QED) is 0.808. The molecule has 1 aromatic carbocycles. The summed E-state index contributed by atoms with van der Waals surface area (Å²) in [5, 5.41) is 12.5. The average Bonchev–Trinajstić information content (AvgIpc) is 2.46. The summed E-state index contributed by atoms with van der Waals surface area (Å²) in [6, 6.07) is 8.94. The molecule has 0 radical (unpaired) electrons. The number of nitrogens with zero attached hydrogens (tertiary/aromatic N) is 1. The van der Waals surface area contributed by atoms with Crippen LogP contribution in [-0.4, -0.2) is 16.1 Å². The minimum absolute atomic E-state index is 0.115. The first-order valence-electron chi connectivity index (χ1n) is 6.83. The number of aryl methyl sites for hydroxylation is 2. The maximum atomic E-state index is 11.1. The third-order valence-electron chi connectivity index (χ3n) is 3.29. The van der Waals surface area contributed by atoms with Crippen LogP contribution < -0.4 is 5.32 Å². The van der Waals surface area contributed by atoms with E-state index in [1.54, 1.807) is 0 Å². The van der Waals surface area contributed by atoms with Crippen LogP contribution in [0.2, 0.25) is 5.15 Å². The number of pyridine rings is 1. The van der Waals surface area contributed by atoms with Crippen molar-refractivity contribution in [3.05, 3.63) is 52.2 Å². The van der Waals surface area contributed by atoms with Gasteiger partial charge < -0.3 is 10.4 Å². The Morgan fingerprint density at radius 2 is 1.86 bits per heavy atom. The van der Waals surface area contributed by atoms with E-state index in [4.69, 9.17) is 16.7 Å². The smallest absolute Gasteiger partial charge is 0.335 e. The van der Waals surface area contributed by atoms with Crippen molar-refractivity contribution in [3.8, 4) is 0 Å². The predicted octanol–water partition coefficient (Wildman–Crippen LogP) is 4.30. The van der Waals surface area contributed by atoms with Crippen LogP contribution >= 0.6 is 11.6 Å². The van der Waals surface area contributed by atoms with E-state index in [-0.39, 0.29) is 10.7 Å². The second-order valence-corrected chi connectivity index (χ2v) is 5.04. The molecule has 0 saturated heterocycles. The number of benzene rings is 1. The number of carboxylic acid groups (broad SMARTS) is 1. The summed E-state index contributed by atoms with van der Waals surface area (Å²) in [6.07, 6.45) is 1.76. The lowest BCUT2D eigenvalue weighted by atomic mass is 10.0. The third-order valence-corrected chi connectivity index (χ3v) is 3.49. The molecule has 110 valence electrons. The van der Waals surface area contributed by atoms with Crippen molar-refractivity contribution >= 4 is 29.1 Å². The number of anilines is 2. The summed E-state index contributed by atoms with van der Waals surface area (Å²) >= 11 is 5.89. The molecule has 21 heavy (non-hydrogen) atoms. The molecule has 4 nitrogen and oxygen atoms in total. The molecular weight excluding hydrogens is 288 g/mol. The molecule has 0 bridgehead atoms. The van der Waals surface area contributed by atoms with E-state index in [2.05, 4.69) is 24.1 Å². The summed E-state index contributed by atoms with van der Waals surface area (Å²) in [4.78, 5) is 15.2. The summed E-state index contributed by atoms with van der Waals surface area (Å²) in [6.45, 7) is 4.15. The molecule has 2 rings (SSSR count). The number of rotatable bonds is 5. The van der Waals surface area contributed by atoms with Gasteiger partial charge in [-0.3, -0.25) is 0 Å². The monoisotopic (exact) mass is 304 g/mol. The van der Waals surface area contributed by atoms with E-state index in [9.17, 15) is 4.79 Å². The zero-order chi connectivity index (χ0) is 15.4. The van der Waals surface area contributed by atoms with Crippen LogP contribution in [0.25, 0.3) is 0 Å². The van der Waals surface area contributed by atoms with Crippen LogP contribution in [0, 0.1) is 0 Å². The van der Waals surface area contributed by atoms with Gasteiger partial charge in [0.25, 0.3) is 0 Å². The standard InChI is InChI=1S/C16H17ClN2O2/c1-3-10-6-5-7-11(4-2)15(10)19-14-9-12(16(20)21)8-13(17)18-14/h5-9H,3-4H2,1-2H3,(H,18,19)(H,20,21). The molecule has 5 heteroatoms. The van der Waals surface area contributed by atoms with E-state index in [0.717, 1.165) is 29.7 Å². The van der Waals surface area contributed by atoms with Crippen molar-refractivity contribution in [2.24, 2.45) is 0 Å². The first-order valence-corrected chi connectivity index (χ1v) is 7.21. The van der Waals surface area contributed by atoms with E-state index in [1.165, 1.54) is 12.1 Å². The molecule has 0 amide bonds. The number of nitrogens with one attached hydrogen (secondary N) is 1. The molecule has 0 atom stereocenters. The lowest BCUT2D eigenvalue weighted by Crippen LogP contribution is -2.04. The van der Waals surface area contributed by atoms with Gasteiger partial charge in [-0.25, -0.2) is 9.78 Å². The van der Waals surface area contributed by atoms with Gasteiger partial charge in [-0.1, -0.05) is 43.6 Å². The van der Waals surface area contributed by atoms with Crippen LogP contribution in [0.3, 0.4) is 0 Å². The summed E-state index contributed by atoms with van der Waals surface area (Å²) in [7, 11) is 0. The Labute approximate surface area is 128 Å². The Bertz CT molecular complexity index is 649. The molecule has 2 N–H and O–H groups in total. The van der Waals surface area contributed by atoms with Gasteiger partial charge in [-0.05, 0) is 36.1 Å². The van der Waals surface area contributed by atoms with Gasteiger partial charge in [0.2, 0.25) is 0 Å². The van der Waals surface area contributed by atoms with Gasteiger partial charge in [0, 0.05) is 5.69 Å². The molecule has 1 aromatic heterocycles. The first kappa shape index (κ1) is 15.3. The second kappa shape index (κ2) is 6.59. The van der Waals surface area contributed by atoms with Crippen molar-refractivity contribution in [2.45, 2.75) is 26.7 Å². The van der Waals surface area contributed by atoms with E-state index < -0.39 is 5.97 Å².